The van der Waals surface area contributed by atoms with E-state index in [0.717, 1.165) is 43.5 Å². The van der Waals surface area contributed by atoms with Crippen molar-refractivity contribution < 1.29 is 9.53 Å². The summed E-state index contributed by atoms with van der Waals surface area (Å²) in [5, 5.41) is 3.87. The topological polar surface area (TPSA) is 45.7 Å². The highest BCUT2D eigenvalue weighted by Gasteiger charge is 2.14. The van der Waals surface area contributed by atoms with Gasteiger partial charge in [-0.1, -0.05) is 15.9 Å². The maximum absolute atomic E-state index is 11.7. The van der Waals surface area contributed by atoms with Gasteiger partial charge in [0.05, 0.1) is 32.0 Å². The van der Waals surface area contributed by atoms with Crippen molar-refractivity contribution >= 4 is 33.2 Å². The molecule has 0 aromatic carbocycles. The summed E-state index contributed by atoms with van der Waals surface area (Å²) in [5.41, 5.74) is 0.976. The van der Waals surface area contributed by atoms with Crippen LogP contribution < -0.4 is 0 Å². The highest BCUT2D eigenvalue weighted by molar-refractivity contribution is 9.09. The maximum atomic E-state index is 11.7. The second-order valence-corrected chi connectivity index (χ2v) is 6.55. The molecule has 5 nitrogen and oxygen atoms in total. The molecule has 0 radical (unpaired) electrons. The molecule has 7 heteroatoms. The van der Waals surface area contributed by atoms with Crippen molar-refractivity contribution in [1.29, 1.82) is 0 Å². The first-order chi connectivity index (χ1) is 9.69. The van der Waals surface area contributed by atoms with Gasteiger partial charge in [0.1, 0.15) is 5.01 Å². The van der Waals surface area contributed by atoms with Gasteiger partial charge in [-0.2, -0.15) is 0 Å². The lowest BCUT2D eigenvalue weighted by molar-refractivity contribution is -0.129. The number of morpholine rings is 1. The van der Waals surface area contributed by atoms with Crippen LogP contribution in [0.1, 0.15) is 17.1 Å². The minimum absolute atomic E-state index is 0.143. The minimum Gasteiger partial charge on any atom is -0.379 e. The molecule has 1 aliphatic rings. The van der Waals surface area contributed by atoms with E-state index >= 15 is 0 Å². The Morgan fingerprint density at radius 3 is 3.00 bits per heavy atom. The monoisotopic (exact) mass is 361 g/mol. The molecule has 0 unspecified atom stereocenters. The fourth-order valence-corrected chi connectivity index (χ4v) is 3.21. The van der Waals surface area contributed by atoms with Crippen molar-refractivity contribution in [2.24, 2.45) is 0 Å². The van der Waals surface area contributed by atoms with Crippen LogP contribution >= 0.6 is 27.3 Å². The zero-order valence-corrected chi connectivity index (χ0v) is 14.1. The van der Waals surface area contributed by atoms with Gasteiger partial charge in [0.2, 0.25) is 5.91 Å². The smallest absolute Gasteiger partial charge is 0.223 e. The van der Waals surface area contributed by atoms with Gasteiger partial charge in [0.25, 0.3) is 0 Å². The third-order valence-corrected chi connectivity index (χ3v) is 4.47. The van der Waals surface area contributed by atoms with E-state index in [1.807, 2.05) is 12.4 Å². The SMILES string of the molecule is CN(Cc1csc(CN2CCOCC2)n1)C(=O)CCBr. The van der Waals surface area contributed by atoms with Crippen LogP contribution in [0.15, 0.2) is 5.38 Å². The number of alkyl halides is 1. The van der Waals surface area contributed by atoms with Gasteiger partial charge >= 0.3 is 0 Å². The number of halogens is 1. The van der Waals surface area contributed by atoms with Crippen molar-refractivity contribution in [3.8, 4) is 0 Å². The van der Waals surface area contributed by atoms with Gasteiger partial charge in [-0.15, -0.1) is 11.3 Å². The Hall–Kier alpha value is -0.500. The first kappa shape index (κ1) is 15.9. The number of amides is 1. The van der Waals surface area contributed by atoms with Crippen molar-refractivity contribution in [2.75, 3.05) is 38.7 Å². The number of thiazole rings is 1. The number of ether oxygens (including phenoxy) is 1. The minimum atomic E-state index is 0.143. The summed E-state index contributed by atoms with van der Waals surface area (Å²) in [4.78, 5) is 20.4. The van der Waals surface area contributed by atoms with Crippen LogP contribution in [0.3, 0.4) is 0 Å². The van der Waals surface area contributed by atoms with E-state index in [1.54, 1.807) is 16.2 Å². The summed E-state index contributed by atoms with van der Waals surface area (Å²) in [6.45, 7) is 5.03. The number of nitrogens with zero attached hydrogens (tertiary/aromatic N) is 3. The Labute approximate surface area is 132 Å². The normalized spacial score (nSPS) is 16.3. The van der Waals surface area contributed by atoms with Crippen LogP contribution in [0.4, 0.5) is 0 Å². The number of aromatic nitrogens is 1. The van der Waals surface area contributed by atoms with E-state index in [9.17, 15) is 4.79 Å². The van der Waals surface area contributed by atoms with Crippen molar-refractivity contribution in [1.82, 2.24) is 14.8 Å². The Balaban J connectivity index is 1.83. The second-order valence-electron chi connectivity index (χ2n) is 4.81. The Bertz CT molecular complexity index is 435. The van der Waals surface area contributed by atoms with Crippen LogP contribution in [0, 0.1) is 0 Å². The molecule has 0 N–H and O–H groups in total. The molecule has 2 rings (SSSR count). The van der Waals surface area contributed by atoms with E-state index in [4.69, 9.17) is 4.74 Å². The predicted molar refractivity (Wildman–Crippen MR) is 83.1 cm³/mol. The standard InChI is InChI=1S/C13H20BrN3O2S/c1-16(13(18)2-3-14)8-11-10-20-12(15-11)9-17-4-6-19-7-5-17/h10H,2-9H2,1H3. The van der Waals surface area contributed by atoms with E-state index in [2.05, 4.69) is 25.8 Å². The summed E-state index contributed by atoms with van der Waals surface area (Å²) in [6, 6.07) is 0. The molecule has 0 aliphatic carbocycles. The molecule has 0 atom stereocenters. The fraction of sp³-hybridized carbons (Fsp3) is 0.692. The highest BCUT2D eigenvalue weighted by Crippen LogP contribution is 2.15. The lowest BCUT2D eigenvalue weighted by atomic mass is 10.3. The number of rotatable bonds is 6. The molecule has 112 valence electrons. The van der Waals surface area contributed by atoms with Gasteiger partial charge in [-0.05, 0) is 0 Å². The average Bonchev–Trinajstić information content (AvgIpc) is 2.87. The zero-order chi connectivity index (χ0) is 14.4. The number of carbonyl (C=O) groups excluding carboxylic acids is 1. The summed E-state index contributed by atoms with van der Waals surface area (Å²) in [6.07, 6.45) is 0.529. The average molecular weight is 362 g/mol. The first-order valence-electron chi connectivity index (χ1n) is 6.72. The molecule has 1 aromatic heterocycles. The quantitative estimate of drug-likeness (QED) is 0.723. The fourth-order valence-electron chi connectivity index (χ4n) is 2.05. The third kappa shape index (κ3) is 4.80. The van der Waals surface area contributed by atoms with E-state index in [1.165, 1.54) is 0 Å². The van der Waals surface area contributed by atoms with Crippen molar-refractivity contribution in [3.05, 3.63) is 16.1 Å². The van der Waals surface area contributed by atoms with Crippen LogP contribution in [0.2, 0.25) is 0 Å². The summed E-state index contributed by atoms with van der Waals surface area (Å²) >= 11 is 4.96. The van der Waals surface area contributed by atoms with E-state index < -0.39 is 0 Å². The Kier molecular flexibility index (Phi) is 6.41. The van der Waals surface area contributed by atoms with Gasteiger partial charge in [-0.25, -0.2) is 4.98 Å². The molecule has 1 saturated heterocycles. The lowest BCUT2D eigenvalue weighted by Crippen LogP contribution is -2.35. The Morgan fingerprint density at radius 1 is 1.55 bits per heavy atom. The maximum Gasteiger partial charge on any atom is 0.223 e. The molecule has 1 aromatic rings. The molecule has 20 heavy (non-hydrogen) atoms. The van der Waals surface area contributed by atoms with E-state index in [-0.39, 0.29) is 5.91 Å². The molecular formula is C13H20BrN3O2S. The molecule has 0 bridgehead atoms. The third-order valence-electron chi connectivity index (χ3n) is 3.20. The second kappa shape index (κ2) is 8.07. The van der Waals surface area contributed by atoms with Crippen molar-refractivity contribution in [3.63, 3.8) is 0 Å². The van der Waals surface area contributed by atoms with Gasteiger partial charge in [0, 0.05) is 37.3 Å². The van der Waals surface area contributed by atoms with Crippen LogP contribution in [0.5, 0.6) is 0 Å². The molecule has 1 aliphatic heterocycles. The summed E-state index contributed by atoms with van der Waals surface area (Å²) < 4.78 is 5.34. The predicted octanol–water partition coefficient (Wildman–Crippen LogP) is 1.72. The lowest BCUT2D eigenvalue weighted by Gasteiger charge is -2.25. The largest absolute Gasteiger partial charge is 0.379 e. The number of carbonyl (C=O) groups is 1. The zero-order valence-electron chi connectivity index (χ0n) is 11.7. The first-order valence-corrected chi connectivity index (χ1v) is 8.72. The summed E-state index contributed by atoms with van der Waals surface area (Å²) in [7, 11) is 1.83. The Morgan fingerprint density at radius 2 is 2.30 bits per heavy atom. The number of hydrogen-bond acceptors (Lipinski definition) is 5. The molecule has 0 saturated carbocycles. The molecule has 1 amide bonds. The van der Waals surface area contributed by atoms with Gasteiger partial charge < -0.3 is 9.64 Å². The molecule has 0 spiro atoms. The molecular weight excluding hydrogens is 342 g/mol. The molecule has 1 fully saturated rings. The highest BCUT2D eigenvalue weighted by atomic mass is 79.9. The van der Waals surface area contributed by atoms with Gasteiger partial charge in [0.15, 0.2) is 0 Å². The molecule has 2 heterocycles. The van der Waals surface area contributed by atoms with Crippen molar-refractivity contribution in [2.45, 2.75) is 19.5 Å². The van der Waals surface area contributed by atoms with E-state index in [0.29, 0.717) is 18.3 Å². The van der Waals surface area contributed by atoms with Crippen LogP contribution in [-0.2, 0) is 22.6 Å². The van der Waals surface area contributed by atoms with Gasteiger partial charge in [-0.3, -0.25) is 9.69 Å². The van der Waals surface area contributed by atoms with Crippen LogP contribution in [-0.4, -0.2) is 59.4 Å². The number of hydrogen-bond donors (Lipinski definition) is 0. The van der Waals surface area contributed by atoms with Crippen LogP contribution in [0.25, 0.3) is 0 Å². The summed E-state index contributed by atoms with van der Waals surface area (Å²) in [5.74, 6) is 0.143.